The third-order valence-corrected chi connectivity index (χ3v) is 4.01. The van der Waals surface area contributed by atoms with Gasteiger partial charge in [0.1, 0.15) is 0 Å². The van der Waals surface area contributed by atoms with Gasteiger partial charge in [0.2, 0.25) is 0 Å². The number of rotatable bonds is 0. The van der Waals surface area contributed by atoms with Crippen molar-refractivity contribution < 1.29 is 20.1 Å². The Kier molecular flexibility index (Phi) is 3.35. The van der Waals surface area contributed by atoms with Gasteiger partial charge in [-0.25, -0.2) is 0 Å². The first-order chi connectivity index (χ1) is 9.66. The van der Waals surface area contributed by atoms with Gasteiger partial charge >= 0.3 is 0 Å². The average Bonchev–Trinajstić information content (AvgIpc) is 2.81. The van der Waals surface area contributed by atoms with E-state index in [1.54, 1.807) is 0 Å². The molecule has 0 bridgehead atoms. The summed E-state index contributed by atoms with van der Waals surface area (Å²) in [5.74, 6) is 0. The van der Waals surface area contributed by atoms with Gasteiger partial charge in [-0.2, -0.15) is 29.4 Å². The van der Waals surface area contributed by atoms with E-state index < -0.39 is 0 Å². The largest absolute Gasteiger partial charge is 0.257 e. The van der Waals surface area contributed by atoms with Crippen molar-refractivity contribution in [2.75, 3.05) is 0 Å². The van der Waals surface area contributed by atoms with Crippen LogP contribution >= 0.6 is 0 Å². The third kappa shape index (κ3) is 1.92. The molecule has 1 radical (unpaired) electrons. The molecule has 0 aliphatic carbocycles. The second kappa shape index (κ2) is 4.94. The summed E-state index contributed by atoms with van der Waals surface area (Å²) < 4.78 is 2.02. The second-order valence-electron chi connectivity index (χ2n) is 5.52. The molecular formula is C18H15IrN2-. The Balaban J connectivity index is 0.00000132. The first-order valence-corrected chi connectivity index (χ1v) is 6.84. The molecule has 0 saturated heterocycles. The van der Waals surface area contributed by atoms with E-state index in [-0.39, 0.29) is 20.1 Å². The number of fused-ring (bicyclic) bond motifs is 6. The minimum atomic E-state index is 0. The summed E-state index contributed by atoms with van der Waals surface area (Å²) >= 11 is 0. The van der Waals surface area contributed by atoms with Crippen LogP contribution < -0.4 is 0 Å². The van der Waals surface area contributed by atoms with Crippen molar-refractivity contribution in [2.45, 2.75) is 20.8 Å². The van der Waals surface area contributed by atoms with E-state index in [2.05, 4.69) is 50.1 Å². The van der Waals surface area contributed by atoms with Gasteiger partial charge < -0.3 is 0 Å². The summed E-state index contributed by atoms with van der Waals surface area (Å²) in [6, 6.07) is 14.0. The zero-order valence-electron chi connectivity index (χ0n) is 12.2. The van der Waals surface area contributed by atoms with E-state index >= 15 is 0 Å². The van der Waals surface area contributed by atoms with Crippen LogP contribution in [0.4, 0.5) is 0 Å². The summed E-state index contributed by atoms with van der Waals surface area (Å²) in [6.45, 7) is 6.45. The Morgan fingerprint density at radius 3 is 2.67 bits per heavy atom. The molecule has 2 nitrogen and oxygen atoms in total. The van der Waals surface area contributed by atoms with Gasteiger partial charge in [0, 0.05) is 20.1 Å². The van der Waals surface area contributed by atoms with Crippen molar-refractivity contribution in [1.82, 2.24) is 9.61 Å². The maximum absolute atomic E-state index is 4.55. The Morgan fingerprint density at radius 1 is 1.05 bits per heavy atom. The van der Waals surface area contributed by atoms with Gasteiger partial charge in [0.15, 0.2) is 0 Å². The minimum absolute atomic E-state index is 0. The van der Waals surface area contributed by atoms with E-state index in [4.69, 9.17) is 0 Å². The van der Waals surface area contributed by atoms with Gasteiger partial charge in [-0.1, -0.05) is 23.1 Å². The molecule has 0 amide bonds. The number of benzene rings is 2. The number of pyridine rings is 1. The van der Waals surface area contributed by atoms with E-state index in [0.29, 0.717) is 0 Å². The fourth-order valence-corrected chi connectivity index (χ4v) is 3.22. The quantitative estimate of drug-likeness (QED) is 0.287. The van der Waals surface area contributed by atoms with Crippen molar-refractivity contribution >= 4 is 27.2 Å². The van der Waals surface area contributed by atoms with Crippen molar-refractivity contribution in [2.24, 2.45) is 0 Å². The Labute approximate surface area is 137 Å². The zero-order chi connectivity index (χ0) is 13.9. The molecule has 4 aromatic rings. The first-order valence-electron chi connectivity index (χ1n) is 6.84. The van der Waals surface area contributed by atoms with Crippen LogP contribution in [0.3, 0.4) is 0 Å². The van der Waals surface area contributed by atoms with Gasteiger partial charge in [-0.05, 0) is 42.8 Å². The standard InChI is InChI=1S/C18H15N2.Ir/c1-11-8-12(2)17-15(9-11)14-6-4-5-7-16(14)20-18(17)13(3)10-19-20;/h4-6,8-10H,1-3H3;/q-1;. The van der Waals surface area contributed by atoms with Crippen LogP contribution in [0.25, 0.3) is 27.2 Å². The van der Waals surface area contributed by atoms with Crippen LogP contribution in [0.5, 0.6) is 0 Å². The summed E-state index contributed by atoms with van der Waals surface area (Å²) in [5.41, 5.74) is 6.06. The van der Waals surface area contributed by atoms with Crippen LogP contribution in [-0.2, 0) is 20.1 Å². The second-order valence-corrected chi connectivity index (χ2v) is 5.52. The molecule has 0 fully saturated rings. The molecule has 3 heteroatoms. The SMILES string of the molecule is Cc1cc(C)c2c(c1)c1ccc[c-]c1n1ncc(C)c21.[Ir]. The minimum Gasteiger partial charge on any atom is -0.257 e. The summed E-state index contributed by atoms with van der Waals surface area (Å²) in [7, 11) is 0. The normalized spacial score (nSPS) is 11.2. The van der Waals surface area contributed by atoms with E-state index in [1.165, 1.54) is 38.4 Å². The molecule has 4 rings (SSSR count). The predicted octanol–water partition coefficient (Wildman–Crippen LogP) is 4.36. The van der Waals surface area contributed by atoms with Crippen molar-refractivity contribution in [3.63, 3.8) is 0 Å². The number of hydrogen-bond donors (Lipinski definition) is 0. The summed E-state index contributed by atoms with van der Waals surface area (Å²) in [5, 5.41) is 8.36. The Hall–Kier alpha value is -1.70. The monoisotopic (exact) mass is 452 g/mol. The van der Waals surface area contributed by atoms with Crippen molar-refractivity contribution in [1.29, 1.82) is 0 Å². The number of nitrogens with zero attached hydrogens (tertiary/aromatic N) is 2. The van der Waals surface area contributed by atoms with Gasteiger partial charge in [-0.3, -0.25) is 4.52 Å². The van der Waals surface area contributed by atoms with Gasteiger partial charge in [0.25, 0.3) is 0 Å². The van der Waals surface area contributed by atoms with Crippen molar-refractivity contribution in [3.05, 3.63) is 59.3 Å². The predicted molar refractivity (Wildman–Crippen MR) is 83.3 cm³/mol. The van der Waals surface area contributed by atoms with Crippen LogP contribution in [0.15, 0.2) is 36.5 Å². The molecule has 107 valence electrons. The molecule has 0 N–H and O–H groups in total. The number of hydrogen-bond acceptors (Lipinski definition) is 1. The number of aromatic nitrogens is 2. The van der Waals surface area contributed by atoms with Crippen LogP contribution in [0, 0.1) is 26.8 Å². The molecule has 2 aromatic carbocycles. The molecule has 0 aliphatic heterocycles. The van der Waals surface area contributed by atoms with Crippen LogP contribution in [0.1, 0.15) is 16.7 Å². The molecule has 0 unspecified atom stereocenters. The van der Waals surface area contributed by atoms with Crippen LogP contribution in [0.2, 0.25) is 0 Å². The maximum atomic E-state index is 4.55. The Bertz CT molecular complexity index is 983. The van der Waals surface area contributed by atoms with E-state index in [1.807, 2.05) is 22.8 Å². The molecule has 0 aliphatic rings. The molecule has 2 heterocycles. The Morgan fingerprint density at radius 2 is 1.86 bits per heavy atom. The number of aryl methyl sites for hydroxylation is 3. The average molecular weight is 452 g/mol. The van der Waals surface area contributed by atoms with Crippen LogP contribution in [-0.4, -0.2) is 9.61 Å². The zero-order valence-corrected chi connectivity index (χ0v) is 14.6. The molecular weight excluding hydrogens is 436 g/mol. The third-order valence-electron chi connectivity index (χ3n) is 4.01. The fraction of sp³-hybridized carbons (Fsp3) is 0.167. The molecule has 21 heavy (non-hydrogen) atoms. The molecule has 0 spiro atoms. The molecule has 0 saturated carbocycles. The van der Waals surface area contributed by atoms with Gasteiger partial charge in [-0.15, -0.1) is 5.39 Å². The van der Waals surface area contributed by atoms with Gasteiger partial charge in [0.05, 0.1) is 11.7 Å². The fourth-order valence-electron chi connectivity index (χ4n) is 3.22. The molecule has 2 aromatic heterocycles. The first kappa shape index (κ1) is 14.2. The molecule has 0 atom stereocenters. The van der Waals surface area contributed by atoms with E-state index in [0.717, 1.165) is 5.52 Å². The smallest absolute Gasteiger partial charge is 0.0743 e. The number of para-hydroxylation sites is 1. The summed E-state index contributed by atoms with van der Waals surface area (Å²) in [6.07, 6.45) is 1.94. The summed E-state index contributed by atoms with van der Waals surface area (Å²) in [4.78, 5) is 0. The maximum Gasteiger partial charge on any atom is 0.0743 e. The topological polar surface area (TPSA) is 17.3 Å². The van der Waals surface area contributed by atoms with E-state index in [9.17, 15) is 0 Å². The van der Waals surface area contributed by atoms with Crippen molar-refractivity contribution in [3.8, 4) is 0 Å².